The van der Waals surface area contributed by atoms with Crippen LogP contribution in [0.15, 0.2) is 24.3 Å². The van der Waals surface area contributed by atoms with E-state index in [4.69, 9.17) is 5.11 Å². The first kappa shape index (κ1) is 11.4. The molecule has 0 aliphatic heterocycles. The molecule has 0 atom stereocenters. The van der Waals surface area contributed by atoms with Gasteiger partial charge in [0.2, 0.25) is 0 Å². The molecule has 0 heterocycles. The average molecular weight is 168 g/mol. The van der Waals surface area contributed by atoms with Crippen LogP contribution in [-0.2, 0) is 0 Å². The van der Waals surface area contributed by atoms with Crippen LogP contribution in [0.4, 0.5) is 0 Å². The molecule has 0 aromatic rings. The number of hydrogen-bond donors (Lipinski definition) is 1. The molecule has 70 valence electrons. The lowest BCUT2D eigenvalue weighted by Gasteiger charge is -1.91. The second-order valence-electron chi connectivity index (χ2n) is 2.84. The zero-order valence-electron chi connectivity index (χ0n) is 8.00. The summed E-state index contributed by atoms with van der Waals surface area (Å²) in [6, 6.07) is 0. The monoisotopic (exact) mass is 168 g/mol. The van der Waals surface area contributed by atoms with Gasteiger partial charge in [-0.25, -0.2) is 0 Å². The van der Waals surface area contributed by atoms with E-state index in [1.54, 1.807) is 0 Å². The zero-order chi connectivity index (χ0) is 9.07. The minimum absolute atomic E-state index is 0.326. The summed E-state index contributed by atoms with van der Waals surface area (Å²) in [5.41, 5.74) is 0. The largest absolute Gasteiger partial charge is 0.396 e. The number of rotatable bonds is 7. The molecule has 0 spiro atoms. The third-order valence-electron chi connectivity index (χ3n) is 1.68. The van der Waals surface area contributed by atoms with Crippen molar-refractivity contribution in [3.8, 4) is 0 Å². The first-order chi connectivity index (χ1) is 5.91. The van der Waals surface area contributed by atoms with Crippen LogP contribution < -0.4 is 0 Å². The summed E-state index contributed by atoms with van der Waals surface area (Å²) < 4.78 is 0. The van der Waals surface area contributed by atoms with Gasteiger partial charge < -0.3 is 5.11 Å². The highest BCUT2D eigenvalue weighted by atomic mass is 16.2. The fourth-order valence-electron chi connectivity index (χ4n) is 0.969. The molecule has 1 nitrogen and oxygen atoms in total. The van der Waals surface area contributed by atoms with Gasteiger partial charge in [-0.15, -0.1) is 0 Å². The van der Waals surface area contributed by atoms with Crippen molar-refractivity contribution in [3.63, 3.8) is 0 Å². The van der Waals surface area contributed by atoms with Crippen molar-refractivity contribution in [2.75, 3.05) is 6.61 Å². The first-order valence-corrected chi connectivity index (χ1v) is 4.78. The fourth-order valence-corrected chi connectivity index (χ4v) is 0.969. The van der Waals surface area contributed by atoms with Crippen molar-refractivity contribution in [2.45, 2.75) is 39.0 Å². The number of hydrogen-bond acceptors (Lipinski definition) is 1. The Morgan fingerprint density at radius 1 is 0.917 bits per heavy atom. The molecule has 0 fully saturated rings. The Bertz CT molecular complexity index is 125. The van der Waals surface area contributed by atoms with Gasteiger partial charge in [0.1, 0.15) is 0 Å². The Labute approximate surface area is 75.8 Å². The molecule has 0 radical (unpaired) electrons. The minimum atomic E-state index is 0.326. The van der Waals surface area contributed by atoms with Crippen LogP contribution in [0.25, 0.3) is 0 Å². The van der Waals surface area contributed by atoms with Gasteiger partial charge in [-0.05, 0) is 39.0 Å². The van der Waals surface area contributed by atoms with Crippen molar-refractivity contribution in [1.29, 1.82) is 0 Å². The SMILES string of the molecule is C/C=C/CC/C=C/CCCCO. The van der Waals surface area contributed by atoms with E-state index in [9.17, 15) is 0 Å². The molecule has 12 heavy (non-hydrogen) atoms. The van der Waals surface area contributed by atoms with Gasteiger partial charge in [0, 0.05) is 6.61 Å². The van der Waals surface area contributed by atoms with E-state index in [2.05, 4.69) is 24.3 Å². The molecule has 0 aliphatic carbocycles. The van der Waals surface area contributed by atoms with E-state index in [0.717, 1.165) is 32.1 Å². The van der Waals surface area contributed by atoms with Crippen molar-refractivity contribution < 1.29 is 5.11 Å². The van der Waals surface area contributed by atoms with Crippen LogP contribution in [0, 0.1) is 0 Å². The van der Waals surface area contributed by atoms with Crippen LogP contribution in [0.3, 0.4) is 0 Å². The molecule has 0 aromatic heterocycles. The zero-order valence-corrected chi connectivity index (χ0v) is 8.00. The molecular formula is C11H20O. The molecular weight excluding hydrogens is 148 g/mol. The summed E-state index contributed by atoms with van der Waals surface area (Å²) in [4.78, 5) is 0. The lowest BCUT2D eigenvalue weighted by atomic mass is 10.2. The van der Waals surface area contributed by atoms with Gasteiger partial charge in [0.05, 0.1) is 0 Å². The first-order valence-electron chi connectivity index (χ1n) is 4.78. The number of allylic oxidation sites excluding steroid dienone is 4. The van der Waals surface area contributed by atoms with Gasteiger partial charge in [0.15, 0.2) is 0 Å². The summed E-state index contributed by atoms with van der Waals surface area (Å²) in [6.07, 6.45) is 14.1. The lowest BCUT2D eigenvalue weighted by molar-refractivity contribution is 0.285. The van der Waals surface area contributed by atoms with Crippen LogP contribution in [0.2, 0.25) is 0 Å². The number of aliphatic hydroxyl groups is 1. The third-order valence-corrected chi connectivity index (χ3v) is 1.68. The van der Waals surface area contributed by atoms with Crippen LogP contribution in [-0.4, -0.2) is 11.7 Å². The van der Waals surface area contributed by atoms with Gasteiger partial charge in [-0.1, -0.05) is 24.3 Å². The normalized spacial score (nSPS) is 11.8. The van der Waals surface area contributed by atoms with E-state index >= 15 is 0 Å². The van der Waals surface area contributed by atoms with Crippen molar-refractivity contribution in [2.24, 2.45) is 0 Å². The molecule has 0 amide bonds. The summed E-state index contributed by atoms with van der Waals surface area (Å²) in [5, 5.41) is 8.51. The summed E-state index contributed by atoms with van der Waals surface area (Å²) in [6.45, 7) is 2.37. The van der Waals surface area contributed by atoms with E-state index in [1.807, 2.05) is 6.92 Å². The molecule has 0 saturated heterocycles. The molecule has 1 N–H and O–H groups in total. The molecule has 0 saturated carbocycles. The highest BCUT2D eigenvalue weighted by Crippen LogP contribution is 1.98. The van der Waals surface area contributed by atoms with Gasteiger partial charge in [-0.3, -0.25) is 0 Å². The number of aliphatic hydroxyl groups excluding tert-OH is 1. The van der Waals surface area contributed by atoms with Crippen LogP contribution in [0.5, 0.6) is 0 Å². The van der Waals surface area contributed by atoms with E-state index < -0.39 is 0 Å². The maximum Gasteiger partial charge on any atom is 0.0431 e. The summed E-state index contributed by atoms with van der Waals surface area (Å²) in [7, 11) is 0. The van der Waals surface area contributed by atoms with Crippen molar-refractivity contribution in [1.82, 2.24) is 0 Å². The standard InChI is InChI=1S/C11H20O/c1-2-3-4-5-6-7-8-9-10-11-12/h2-3,6-7,12H,4-5,8-11H2,1H3/b3-2+,7-6+. The van der Waals surface area contributed by atoms with E-state index in [1.165, 1.54) is 0 Å². The Morgan fingerprint density at radius 2 is 1.58 bits per heavy atom. The topological polar surface area (TPSA) is 20.2 Å². The van der Waals surface area contributed by atoms with Gasteiger partial charge in [-0.2, -0.15) is 0 Å². The third kappa shape index (κ3) is 9.44. The Morgan fingerprint density at radius 3 is 2.25 bits per heavy atom. The van der Waals surface area contributed by atoms with Crippen molar-refractivity contribution in [3.05, 3.63) is 24.3 Å². The van der Waals surface area contributed by atoms with Crippen LogP contribution in [0.1, 0.15) is 39.0 Å². The molecule has 0 unspecified atom stereocenters. The van der Waals surface area contributed by atoms with Crippen LogP contribution >= 0.6 is 0 Å². The molecule has 1 heteroatoms. The van der Waals surface area contributed by atoms with Gasteiger partial charge >= 0.3 is 0 Å². The number of unbranched alkanes of at least 4 members (excludes halogenated alkanes) is 3. The summed E-state index contributed by atoms with van der Waals surface area (Å²) in [5.74, 6) is 0. The molecule has 0 bridgehead atoms. The predicted molar refractivity (Wildman–Crippen MR) is 54.1 cm³/mol. The fraction of sp³-hybridized carbons (Fsp3) is 0.636. The quantitative estimate of drug-likeness (QED) is 0.457. The summed E-state index contributed by atoms with van der Waals surface area (Å²) >= 11 is 0. The van der Waals surface area contributed by atoms with Gasteiger partial charge in [0.25, 0.3) is 0 Å². The second-order valence-corrected chi connectivity index (χ2v) is 2.84. The molecule has 0 rings (SSSR count). The Hall–Kier alpha value is -0.560. The highest BCUT2D eigenvalue weighted by molar-refractivity contribution is 4.86. The van der Waals surface area contributed by atoms with E-state index in [0.29, 0.717) is 6.61 Å². The molecule has 0 aliphatic rings. The van der Waals surface area contributed by atoms with E-state index in [-0.39, 0.29) is 0 Å². The second kappa shape index (κ2) is 10.4. The smallest absolute Gasteiger partial charge is 0.0431 e. The van der Waals surface area contributed by atoms with Crippen molar-refractivity contribution >= 4 is 0 Å². The Balaban J connectivity index is 3.03. The Kier molecular flexibility index (Phi) is 9.95. The maximum atomic E-state index is 8.51. The highest BCUT2D eigenvalue weighted by Gasteiger charge is 1.81. The maximum absolute atomic E-state index is 8.51. The lowest BCUT2D eigenvalue weighted by Crippen LogP contribution is -1.80. The minimum Gasteiger partial charge on any atom is -0.396 e. The molecule has 0 aromatic carbocycles. The predicted octanol–water partition coefficient (Wildman–Crippen LogP) is 3.06. The average Bonchev–Trinajstić information content (AvgIpc) is 2.10.